The first-order chi connectivity index (χ1) is 9.65. The molecule has 0 aliphatic heterocycles. The lowest BCUT2D eigenvalue weighted by atomic mass is 10.2. The molecule has 0 radical (unpaired) electrons. The number of aryl methyl sites for hydroxylation is 1. The minimum absolute atomic E-state index is 0.700. The Bertz CT molecular complexity index is 584. The van der Waals surface area contributed by atoms with Gasteiger partial charge >= 0.3 is 0 Å². The average molecular weight is 270 g/mol. The Morgan fingerprint density at radius 1 is 1.10 bits per heavy atom. The first-order valence-corrected chi connectivity index (χ1v) is 6.25. The molecule has 4 heteroatoms. The molecule has 0 unspecified atom stereocenters. The summed E-state index contributed by atoms with van der Waals surface area (Å²) in [5, 5.41) is 3.23. The lowest BCUT2D eigenvalue weighted by Gasteiger charge is -2.16. The van der Waals surface area contributed by atoms with Crippen LogP contribution in [0.25, 0.3) is 5.70 Å². The summed E-state index contributed by atoms with van der Waals surface area (Å²) in [5.41, 5.74) is 3.38. The zero-order valence-corrected chi connectivity index (χ0v) is 11.9. The molecule has 20 heavy (non-hydrogen) atoms. The van der Waals surface area contributed by atoms with Crippen LogP contribution in [0.15, 0.2) is 43.1 Å². The van der Waals surface area contributed by atoms with Gasteiger partial charge in [-0.1, -0.05) is 12.6 Å². The van der Waals surface area contributed by atoms with E-state index < -0.39 is 0 Å². The SMILES string of the molecule is C=C(Nc1c(OC)cccc1OC)c1ccc(C)nc1. The Morgan fingerprint density at radius 2 is 1.75 bits per heavy atom. The van der Waals surface area contributed by atoms with Crippen molar-refractivity contribution in [3.8, 4) is 11.5 Å². The third-order valence-corrected chi connectivity index (χ3v) is 2.96. The normalized spacial score (nSPS) is 9.95. The van der Waals surface area contributed by atoms with E-state index in [1.54, 1.807) is 20.4 Å². The molecule has 2 aromatic rings. The van der Waals surface area contributed by atoms with Crippen LogP contribution < -0.4 is 14.8 Å². The second kappa shape index (κ2) is 6.10. The first kappa shape index (κ1) is 13.9. The van der Waals surface area contributed by atoms with Crippen LogP contribution in [0, 0.1) is 6.92 Å². The number of anilines is 1. The van der Waals surface area contributed by atoms with Crippen molar-refractivity contribution < 1.29 is 9.47 Å². The monoisotopic (exact) mass is 270 g/mol. The molecule has 0 bridgehead atoms. The van der Waals surface area contributed by atoms with Gasteiger partial charge in [0, 0.05) is 23.2 Å². The summed E-state index contributed by atoms with van der Waals surface area (Å²) in [5.74, 6) is 1.40. The van der Waals surface area contributed by atoms with E-state index in [2.05, 4.69) is 16.9 Å². The Hall–Kier alpha value is -2.49. The second-order valence-corrected chi connectivity index (χ2v) is 4.33. The van der Waals surface area contributed by atoms with Gasteiger partial charge in [-0.3, -0.25) is 4.98 Å². The number of ether oxygens (including phenoxy) is 2. The molecule has 1 aromatic heterocycles. The quantitative estimate of drug-likeness (QED) is 0.903. The largest absolute Gasteiger partial charge is 0.494 e. The molecular weight excluding hydrogens is 252 g/mol. The van der Waals surface area contributed by atoms with Crippen LogP contribution in [0.5, 0.6) is 11.5 Å². The summed E-state index contributed by atoms with van der Waals surface area (Å²) in [6.45, 7) is 5.99. The van der Waals surface area contributed by atoms with E-state index >= 15 is 0 Å². The Morgan fingerprint density at radius 3 is 2.25 bits per heavy atom. The average Bonchev–Trinajstić information content (AvgIpc) is 2.48. The summed E-state index contributed by atoms with van der Waals surface area (Å²) in [6, 6.07) is 9.53. The van der Waals surface area contributed by atoms with Gasteiger partial charge in [0.05, 0.1) is 14.2 Å². The van der Waals surface area contributed by atoms with Crippen LogP contribution in [0.2, 0.25) is 0 Å². The maximum absolute atomic E-state index is 5.34. The first-order valence-electron chi connectivity index (χ1n) is 6.25. The van der Waals surface area contributed by atoms with Crippen LogP contribution in [0.4, 0.5) is 5.69 Å². The molecule has 0 amide bonds. The Labute approximate surface area is 119 Å². The summed E-state index contributed by atoms with van der Waals surface area (Å²) in [6.07, 6.45) is 1.78. The minimum atomic E-state index is 0.700. The molecule has 0 saturated heterocycles. The molecule has 0 saturated carbocycles. The van der Waals surface area contributed by atoms with Gasteiger partial charge in [-0.15, -0.1) is 0 Å². The van der Waals surface area contributed by atoms with Crippen molar-refractivity contribution in [1.29, 1.82) is 0 Å². The van der Waals surface area contributed by atoms with Crippen molar-refractivity contribution in [1.82, 2.24) is 4.98 Å². The molecule has 0 fully saturated rings. The highest BCUT2D eigenvalue weighted by Gasteiger charge is 2.11. The summed E-state index contributed by atoms with van der Waals surface area (Å²) in [7, 11) is 3.24. The molecular formula is C16H18N2O2. The standard InChI is InChI=1S/C16H18N2O2/c1-11-8-9-13(10-17-11)12(2)18-16-14(19-3)6-5-7-15(16)20-4/h5-10,18H,2H2,1,3-4H3. The van der Waals surface area contributed by atoms with E-state index in [0.29, 0.717) is 11.5 Å². The number of nitrogens with one attached hydrogen (secondary N) is 1. The molecule has 104 valence electrons. The molecule has 0 atom stereocenters. The fourth-order valence-corrected chi connectivity index (χ4v) is 1.84. The van der Waals surface area contributed by atoms with Crippen molar-refractivity contribution in [2.45, 2.75) is 6.92 Å². The minimum Gasteiger partial charge on any atom is -0.494 e. The molecule has 2 rings (SSSR count). The number of nitrogens with zero attached hydrogens (tertiary/aromatic N) is 1. The summed E-state index contributed by atoms with van der Waals surface area (Å²) < 4.78 is 10.7. The summed E-state index contributed by atoms with van der Waals surface area (Å²) >= 11 is 0. The molecule has 0 aliphatic carbocycles. The highest BCUT2D eigenvalue weighted by Crippen LogP contribution is 2.36. The van der Waals surface area contributed by atoms with Gasteiger partial charge in [-0.25, -0.2) is 0 Å². The predicted molar refractivity (Wildman–Crippen MR) is 81.2 cm³/mol. The second-order valence-electron chi connectivity index (χ2n) is 4.33. The third kappa shape index (κ3) is 2.91. The number of benzene rings is 1. The van der Waals surface area contributed by atoms with Crippen molar-refractivity contribution in [3.63, 3.8) is 0 Å². The van der Waals surface area contributed by atoms with Gasteiger partial charge in [0.25, 0.3) is 0 Å². The number of methoxy groups -OCH3 is 2. The van der Waals surface area contributed by atoms with Gasteiger partial charge < -0.3 is 14.8 Å². The number of aromatic nitrogens is 1. The van der Waals surface area contributed by atoms with Crippen molar-refractivity contribution in [2.75, 3.05) is 19.5 Å². The van der Waals surface area contributed by atoms with Crippen LogP contribution in [-0.2, 0) is 0 Å². The lowest BCUT2D eigenvalue weighted by Crippen LogP contribution is -2.02. The topological polar surface area (TPSA) is 43.4 Å². The number of pyridine rings is 1. The zero-order chi connectivity index (χ0) is 14.5. The molecule has 1 N–H and O–H groups in total. The van der Waals surface area contributed by atoms with Gasteiger partial charge in [-0.2, -0.15) is 0 Å². The van der Waals surface area contributed by atoms with E-state index in [0.717, 1.165) is 22.6 Å². The summed E-state index contributed by atoms with van der Waals surface area (Å²) in [4.78, 5) is 4.26. The van der Waals surface area contributed by atoms with Crippen molar-refractivity contribution in [3.05, 3.63) is 54.4 Å². The number of para-hydroxylation sites is 1. The van der Waals surface area contributed by atoms with Crippen molar-refractivity contribution >= 4 is 11.4 Å². The molecule has 4 nitrogen and oxygen atoms in total. The Kier molecular flexibility index (Phi) is 4.25. The zero-order valence-electron chi connectivity index (χ0n) is 11.9. The fraction of sp³-hybridized carbons (Fsp3) is 0.188. The van der Waals surface area contributed by atoms with E-state index in [1.807, 2.05) is 37.3 Å². The van der Waals surface area contributed by atoms with Crippen LogP contribution in [0.3, 0.4) is 0 Å². The highest BCUT2D eigenvalue weighted by molar-refractivity contribution is 5.81. The van der Waals surface area contributed by atoms with Gasteiger partial charge in [0.1, 0.15) is 17.2 Å². The van der Waals surface area contributed by atoms with Gasteiger partial charge in [0.2, 0.25) is 0 Å². The lowest BCUT2D eigenvalue weighted by molar-refractivity contribution is 0.398. The molecule has 0 spiro atoms. The van der Waals surface area contributed by atoms with Crippen LogP contribution in [-0.4, -0.2) is 19.2 Å². The van der Waals surface area contributed by atoms with E-state index in [9.17, 15) is 0 Å². The van der Waals surface area contributed by atoms with Crippen LogP contribution in [0.1, 0.15) is 11.3 Å². The van der Waals surface area contributed by atoms with Crippen LogP contribution >= 0.6 is 0 Å². The fourth-order valence-electron chi connectivity index (χ4n) is 1.84. The third-order valence-electron chi connectivity index (χ3n) is 2.96. The highest BCUT2D eigenvalue weighted by atomic mass is 16.5. The van der Waals surface area contributed by atoms with E-state index in [4.69, 9.17) is 9.47 Å². The Balaban J connectivity index is 2.29. The smallest absolute Gasteiger partial charge is 0.146 e. The van der Waals surface area contributed by atoms with E-state index in [1.165, 1.54) is 0 Å². The van der Waals surface area contributed by atoms with E-state index in [-0.39, 0.29) is 0 Å². The number of rotatable bonds is 5. The molecule has 1 aromatic carbocycles. The molecule has 0 aliphatic rings. The van der Waals surface area contributed by atoms with Gasteiger partial charge in [-0.05, 0) is 31.2 Å². The maximum Gasteiger partial charge on any atom is 0.146 e. The predicted octanol–water partition coefficient (Wildman–Crippen LogP) is 3.49. The molecule has 1 heterocycles. The maximum atomic E-state index is 5.34. The van der Waals surface area contributed by atoms with Crippen molar-refractivity contribution in [2.24, 2.45) is 0 Å². The number of hydrogen-bond acceptors (Lipinski definition) is 4. The number of hydrogen-bond donors (Lipinski definition) is 1. The van der Waals surface area contributed by atoms with Gasteiger partial charge in [0.15, 0.2) is 0 Å².